The Morgan fingerprint density at radius 3 is 3.00 bits per heavy atom. The van der Waals surface area contributed by atoms with Gasteiger partial charge in [0.05, 0.1) is 6.54 Å². The third-order valence-electron chi connectivity index (χ3n) is 2.24. The second-order valence-electron chi connectivity index (χ2n) is 3.49. The number of alkyl halides is 1. The fourth-order valence-electron chi connectivity index (χ4n) is 1.43. The molecule has 1 heterocycles. The minimum atomic E-state index is -1.35. The van der Waals surface area contributed by atoms with Crippen LogP contribution in [0.4, 0.5) is 8.78 Å². The van der Waals surface area contributed by atoms with E-state index in [-0.39, 0.29) is 6.54 Å². The highest BCUT2D eigenvalue weighted by atomic mass is 19.1. The summed E-state index contributed by atoms with van der Waals surface area (Å²) < 4.78 is 26.3. The Kier molecular flexibility index (Phi) is 2.94. The first-order chi connectivity index (χ1) is 8.06. The minimum absolute atomic E-state index is 0.0702. The summed E-state index contributed by atoms with van der Waals surface area (Å²) in [5.74, 6) is -3.10. The number of carbonyl (C=O) groups is 1. The number of tetrazole rings is 1. The van der Waals surface area contributed by atoms with Gasteiger partial charge in [0.25, 0.3) is 5.82 Å². The minimum Gasteiger partial charge on any atom is -0.475 e. The quantitative estimate of drug-likeness (QED) is 0.845. The predicted octanol–water partition coefficient (Wildman–Crippen LogP) is 0.749. The third kappa shape index (κ3) is 2.52. The van der Waals surface area contributed by atoms with Crippen LogP contribution in [-0.2, 0) is 6.54 Å². The van der Waals surface area contributed by atoms with E-state index >= 15 is 0 Å². The molecule has 1 aliphatic rings. The Labute approximate surface area is 94.2 Å². The van der Waals surface area contributed by atoms with Crippen LogP contribution in [0.5, 0.6) is 0 Å². The van der Waals surface area contributed by atoms with Crippen LogP contribution in [0.3, 0.4) is 0 Å². The zero-order valence-corrected chi connectivity index (χ0v) is 8.49. The number of aromatic carboxylic acids is 1. The van der Waals surface area contributed by atoms with E-state index in [0.29, 0.717) is 0 Å². The molecule has 0 amide bonds. The van der Waals surface area contributed by atoms with Gasteiger partial charge in [-0.25, -0.2) is 13.6 Å². The van der Waals surface area contributed by atoms with Gasteiger partial charge in [0.2, 0.25) is 0 Å². The summed E-state index contributed by atoms with van der Waals surface area (Å²) in [5.41, 5.74) is 0. The van der Waals surface area contributed by atoms with Crippen molar-refractivity contribution in [3.8, 4) is 0 Å². The summed E-state index contributed by atoms with van der Waals surface area (Å²) in [7, 11) is 0. The lowest BCUT2D eigenvalue weighted by Gasteiger charge is -2.16. The van der Waals surface area contributed by atoms with Crippen molar-refractivity contribution in [3.05, 3.63) is 29.9 Å². The Balaban J connectivity index is 2.10. The third-order valence-corrected chi connectivity index (χ3v) is 2.24. The number of nitrogens with zero attached hydrogens (tertiary/aromatic N) is 4. The molecule has 6 nitrogen and oxygen atoms in total. The maximum Gasteiger partial charge on any atom is 0.377 e. The molecule has 17 heavy (non-hydrogen) atoms. The van der Waals surface area contributed by atoms with Gasteiger partial charge in [-0.1, -0.05) is 0 Å². The summed E-state index contributed by atoms with van der Waals surface area (Å²) in [6.45, 7) is -0.0702. The molecule has 1 aromatic rings. The van der Waals surface area contributed by atoms with E-state index < -0.39 is 29.7 Å². The van der Waals surface area contributed by atoms with Crippen molar-refractivity contribution < 1.29 is 18.7 Å². The number of carboxylic acid groups (broad SMARTS) is 1. The molecular weight excluding hydrogens is 234 g/mol. The van der Waals surface area contributed by atoms with Crippen molar-refractivity contribution in [3.63, 3.8) is 0 Å². The second-order valence-corrected chi connectivity index (χ2v) is 3.49. The van der Waals surface area contributed by atoms with Crippen LogP contribution in [0.25, 0.3) is 0 Å². The molecule has 2 atom stereocenters. The van der Waals surface area contributed by atoms with Gasteiger partial charge in [-0.15, -0.1) is 10.2 Å². The lowest BCUT2D eigenvalue weighted by atomic mass is 9.99. The van der Waals surface area contributed by atoms with Gasteiger partial charge < -0.3 is 5.11 Å². The van der Waals surface area contributed by atoms with Crippen LogP contribution in [0.15, 0.2) is 24.1 Å². The van der Waals surface area contributed by atoms with E-state index in [1.54, 1.807) is 0 Å². The average molecular weight is 242 g/mol. The fraction of sp³-hybridized carbons (Fsp3) is 0.333. The van der Waals surface area contributed by atoms with Gasteiger partial charge >= 0.3 is 5.97 Å². The number of halogens is 2. The van der Waals surface area contributed by atoms with Crippen LogP contribution >= 0.6 is 0 Å². The monoisotopic (exact) mass is 242 g/mol. The van der Waals surface area contributed by atoms with E-state index in [1.165, 1.54) is 0 Å². The summed E-state index contributed by atoms with van der Waals surface area (Å²) in [6.07, 6.45) is 1.89. The Morgan fingerprint density at radius 2 is 2.35 bits per heavy atom. The number of carboxylic acids is 1. The Morgan fingerprint density at radius 1 is 1.59 bits per heavy atom. The van der Waals surface area contributed by atoms with Crippen LogP contribution in [0.2, 0.25) is 0 Å². The van der Waals surface area contributed by atoms with E-state index in [2.05, 4.69) is 15.4 Å². The number of allylic oxidation sites excluding steroid dienone is 4. The highest BCUT2D eigenvalue weighted by Crippen LogP contribution is 2.21. The lowest BCUT2D eigenvalue weighted by molar-refractivity contribution is 0.0683. The first kappa shape index (κ1) is 11.4. The normalized spacial score (nSPS) is 23.5. The maximum atomic E-state index is 13.4. The second kappa shape index (κ2) is 4.40. The standard InChI is InChI=1S/C9H8F2N4O2/c10-6-1-2-7(11)5(3-6)4-15-13-8(9(16)17)12-14-15/h1-3,5,7H,4H2,(H,16,17). The predicted molar refractivity (Wildman–Crippen MR) is 51.5 cm³/mol. The van der Waals surface area contributed by atoms with Crippen molar-refractivity contribution in [2.75, 3.05) is 0 Å². The molecule has 1 N–H and O–H groups in total. The number of hydrogen-bond donors (Lipinski definition) is 1. The SMILES string of the molecule is O=C(O)c1nnn(CC2C=C(F)C=CC2F)n1. The smallest absolute Gasteiger partial charge is 0.377 e. The molecule has 0 saturated carbocycles. The van der Waals surface area contributed by atoms with Crippen molar-refractivity contribution in [2.45, 2.75) is 12.7 Å². The average Bonchev–Trinajstić information content (AvgIpc) is 2.72. The van der Waals surface area contributed by atoms with Gasteiger partial charge in [-0.3, -0.25) is 0 Å². The van der Waals surface area contributed by atoms with Crippen molar-refractivity contribution in [2.24, 2.45) is 5.92 Å². The molecule has 2 unspecified atom stereocenters. The van der Waals surface area contributed by atoms with Crippen LogP contribution in [0.1, 0.15) is 10.6 Å². The van der Waals surface area contributed by atoms with Gasteiger partial charge in [0, 0.05) is 5.92 Å². The molecule has 0 saturated heterocycles. The molecule has 1 aromatic heterocycles. The van der Waals surface area contributed by atoms with E-state index in [9.17, 15) is 13.6 Å². The molecule has 0 bridgehead atoms. The molecule has 90 valence electrons. The molecular formula is C9H8F2N4O2. The van der Waals surface area contributed by atoms with E-state index in [4.69, 9.17) is 5.11 Å². The lowest BCUT2D eigenvalue weighted by Crippen LogP contribution is -2.22. The van der Waals surface area contributed by atoms with E-state index in [0.717, 1.165) is 23.0 Å². The molecule has 0 fully saturated rings. The molecule has 0 spiro atoms. The summed E-state index contributed by atoms with van der Waals surface area (Å²) in [4.78, 5) is 11.4. The Bertz CT molecular complexity index is 497. The van der Waals surface area contributed by atoms with Gasteiger partial charge in [0.1, 0.15) is 12.0 Å². The highest BCUT2D eigenvalue weighted by Gasteiger charge is 2.22. The molecule has 0 aromatic carbocycles. The summed E-state index contributed by atoms with van der Waals surface area (Å²) in [6, 6.07) is 0. The van der Waals surface area contributed by atoms with Crippen molar-refractivity contribution in [1.82, 2.24) is 20.2 Å². The van der Waals surface area contributed by atoms with Crippen LogP contribution < -0.4 is 0 Å². The maximum absolute atomic E-state index is 13.4. The zero-order valence-electron chi connectivity index (χ0n) is 8.49. The topological polar surface area (TPSA) is 80.9 Å². The Hall–Kier alpha value is -2.12. The number of aromatic nitrogens is 4. The fourth-order valence-corrected chi connectivity index (χ4v) is 1.43. The molecule has 0 aliphatic heterocycles. The highest BCUT2D eigenvalue weighted by molar-refractivity contribution is 5.82. The van der Waals surface area contributed by atoms with Crippen molar-refractivity contribution in [1.29, 1.82) is 0 Å². The first-order valence-corrected chi connectivity index (χ1v) is 4.77. The summed E-state index contributed by atoms with van der Waals surface area (Å²) in [5, 5.41) is 18.8. The molecule has 8 heteroatoms. The zero-order chi connectivity index (χ0) is 12.4. The number of rotatable bonds is 3. The number of hydrogen-bond acceptors (Lipinski definition) is 4. The summed E-state index contributed by atoms with van der Waals surface area (Å²) >= 11 is 0. The van der Waals surface area contributed by atoms with E-state index in [1.807, 2.05) is 0 Å². The van der Waals surface area contributed by atoms with Gasteiger partial charge in [-0.2, -0.15) is 4.80 Å². The molecule has 0 radical (unpaired) electrons. The molecule has 1 aliphatic carbocycles. The first-order valence-electron chi connectivity index (χ1n) is 4.77. The van der Waals surface area contributed by atoms with Crippen LogP contribution in [-0.4, -0.2) is 37.5 Å². The van der Waals surface area contributed by atoms with Crippen LogP contribution in [0, 0.1) is 5.92 Å². The largest absolute Gasteiger partial charge is 0.475 e. The van der Waals surface area contributed by atoms with Gasteiger partial charge in [-0.05, 0) is 23.4 Å². The van der Waals surface area contributed by atoms with Crippen molar-refractivity contribution >= 4 is 5.97 Å². The molecule has 2 rings (SSSR count). The van der Waals surface area contributed by atoms with Gasteiger partial charge in [0.15, 0.2) is 0 Å².